The van der Waals surface area contributed by atoms with Gasteiger partial charge in [-0.25, -0.2) is 9.78 Å². The van der Waals surface area contributed by atoms with Crippen molar-refractivity contribution in [3.63, 3.8) is 0 Å². The van der Waals surface area contributed by atoms with Crippen LogP contribution in [0.25, 0.3) is 11.1 Å². The number of rotatable bonds is 6. The summed E-state index contributed by atoms with van der Waals surface area (Å²) in [4.78, 5) is 19.4. The van der Waals surface area contributed by atoms with E-state index >= 15 is 0 Å². The molecule has 156 valence electrons. The first-order valence-electron chi connectivity index (χ1n) is 10.4. The lowest BCUT2D eigenvalue weighted by molar-refractivity contribution is 0.0690. The first-order chi connectivity index (χ1) is 14.4. The Labute approximate surface area is 174 Å². The van der Waals surface area contributed by atoms with E-state index in [2.05, 4.69) is 29.1 Å². The van der Waals surface area contributed by atoms with Gasteiger partial charge in [0.1, 0.15) is 17.0 Å². The van der Waals surface area contributed by atoms with Crippen LogP contribution in [-0.4, -0.2) is 27.6 Å². The van der Waals surface area contributed by atoms with Crippen LogP contribution < -0.4 is 10.1 Å². The molecular weight excluding hydrogens is 382 g/mol. The molecule has 0 radical (unpaired) electrons. The zero-order valence-corrected chi connectivity index (χ0v) is 17.1. The molecule has 2 aliphatic rings. The summed E-state index contributed by atoms with van der Waals surface area (Å²) in [6, 6.07) is 8.90. The van der Waals surface area contributed by atoms with Crippen LogP contribution in [0, 0.1) is 23.2 Å². The van der Waals surface area contributed by atoms with Crippen molar-refractivity contribution >= 4 is 23.1 Å². The second-order valence-electron chi connectivity index (χ2n) is 9.01. The Morgan fingerprint density at radius 1 is 1.27 bits per heavy atom. The summed E-state index contributed by atoms with van der Waals surface area (Å²) in [5.41, 5.74) is 1.76. The van der Waals surface area contributed by atoms with Crippen LogP contribution in [0.15, 0.2) is 40.9 Å². The smallest absolute Gasteiger partial charge is 0.354 e. The molecule has 0 amide bonds. The molecule has 30 heavy (non-hydrogen) atoms. The lowest BCUT2D eigenvalue weighted by Gasteiger charge is -2.26. The average Bonchev–Trinajstić information content (AvgIpc) is 3.34. The Kier molecular flexibility index (Phi) is 4.41. The largest absolute Gasteiger partial charge is 0.477 e. The maximum Gasteiger partial charge on any atom is 0.354 e. The van der Waals surface area contributed by atoms with Crippen LogP contribution in [-0.2, 0) is 0 Å². The zero-order valence-electron chi connectivity index (χ0n) is 17.1. The van der Waals surface area contributed by atoms with E-state index in [-0.39, 0.29) is 5.69 Å². The fourth-order valence-corrected chi connectivity index (χ4v) is 5.44. The number of benzene rings is 1. The Morgan fingerprint density at radius 2 is 2.10 bits per heavy atom. The number of anilines is 1. The summed E-state index contributed by atoms with van der Waals surface area (Å²) in [6.07, 6.45) is 5.39. The molecular formula is C23H25N3O4. The van der Waals surface area contributed by atoms with Crippen molar-refractivity contribution in [1.29, 1.82) is 0 Å². The third-order valence-corrected chi connectivity index (χ3v) is 7.05. The van der Waals surface area contributed by atoms with E-state index in [9.17, 15) is 4.79 Å². The predicted octanol–water partition coefficient (Wildman–Crippen LogP) is 5.20. The monoisotopic (exact) mass is 407 g/mol. The molecule has 2 heterocycles. The van der Waals surface area contributed by atoms with E-state index in [1.54, 1.807) is 18.2 Å². The van der Waals surface area contributed by atoms with E-state index in [4.69, 9.17) is 14.3 Å². The van der Waals surface area contributed by atoms with Crippen LogP contribution in [0.3, 0.4) is 0 Å². The number of carboxylic acids is 1. The highest BCUT2D eigenvalue weighted by Crippen LogP contribution is 2.60. The molecule has 0 unspecified atom stereocenters. The molecule has 1 aromatic carbocycles. The summed E-state index contributed by atoms with van der Waals surface area (Å²) < 4.78 is 11.7. The van der Waals surface area contributed by atoms with Crippen molar-refractivity contribution in [2.24, 2.45) is 23.2 Å². The van der Waals surface area contributed by atoms with Crippen LogP contribution >= 0.6 is 0 Å². The van der Waals surface area contributed by atoms with E-state index in [1.165, 1.54) is 31.5 Å². The molecule has 5 rings (SSSR count). The molecule has 3 atom stereocenters. The normalized spacial score (nSPS) is 24.3. The predicted molar refractivity (Wildman–Crippen MR) is 112 cm³/mol. The van der Waals surface area contributed by atoms with Gasteiger partial charge in [-0.3, -0.25) is 0 Å². The molecule has 2 aromatic heterocycles. The summed E-state index contributed by atoms with van der Waals surface area (Å²) in [7, 11) is 0. The van der Waals surface area contributed by atoms with Gasteiger partial charge < -0.3 is 19.6 Å². The Bertz CT molecular complexity index is 1110. The second-order valence-corrected chi connectivity index (χ2v) is 9.01. The third kappa shape index (κ3) is 3.28. The molecule has 7 heteroatoms. The van der Waals surface area contributed by atoms with Gasteiger partial charge >= 0.3 is 5.97 Å². The fourth-order valence-electron chi connectivity index (χ4n) is 5.44. The van der Waals surface area contributed by atoms with Gasteiger partial charge in [0.15, 0.2) is 11.3 Å². The lowest BCUT2D eigenvalue weighted by atomic mass is 9.80. The number of aromatic carboxylic acids is 1. The van der Waals surface area contributed by atoms with Gasteiger partial charge in [-0.2, -0.15) is 4.98 Å². The first kappa shape index (κ1) is 18.9. The third-order valence-electron chi connectivity index (χ3n) is 7.05. The van der Waals surface area contributed by atoms with Gasteiger partial charge in [-0.05, 0) is 60.6 Å². The minimum atomic E-state index is -1.10. The van der Waals surface area contributed by atoms with Gasteiger partial charge in [-0.1, -0.05) is 13.8 Å². The summed E-state index contributed by atoms with van der Waals surface area (Å²) >= 11 is 0. The number of pyridine rings is 1. The molecule has 3 aromatic rings. The number of hydrogen-bond donors (Lipinski definition) is 2. The zero-order chi connectivity index (χ0) is 20.9. The van der Waals surface area contributed by atoms with Gasteiger partial charge in [0.05, 0.1) is 0 Å². The molecule has 2 fully saturated rings. The Morgan fingerprint density at radius 3 is 2.83 bits per heavy atom. The topological polar surface area (TPSA) is 97.5 Å². The number of aromatic nitrogens is 2. The quantitative estimate of drug-likeness (QED) is 0.580. The standard InChI is InChI=1S/C23H25N3O4/c1-23(2)14-3-5-17(23)13(9-14)12-25-22-26-18-6-4-15(11-20(18)30-22)29-16-7-8-24-19(10-16)21(27)28/h4,6-8,10-11,13-14,17H,3,5,9,12H2,1-2H3,(H,25,26)(H,27,28)/t13-,14+,17-/m0/s1. The maximum atomic E-state index is 11.1. The van der Waals surface area contributed by atoms with Crippen LogP contribution in [0.5, 0.6) is 11.5 Å². The lowest BCUT2D eigenvalue weighted by Crippen LogP contribution is -2.24. The number of fused-ring (bicyclic) bond motifs is 3. The van der Waals surface area contributed by atoms with E-state index < -0.39 is 5.97 Å². The van der Waals surface area contributed by atoms with Crippen LogP contribution in [0.2, 0.25) is 0 Å². The fraction of sp³-hybridized carbons (Fsp3) is 0.435. The molecule has 7 nitrogen and oxygen atoms in total. The van der Waals surface area contributed by atoms with Crippen molar-refractivity contribution in [1.82, 2.24) is 9.97 Å². The van der Waals surface area contributed by atoms with Crippen molar-refractivity contribution in [3.05, 3.63) is 42.2 Å². The van der Waals surface area contributed by atoms with E-state index in [1.807, 2.05) is 6.07 Å². The van der Waals surface area contributed by atoms with Gasteiger partial charge in [0, 0.05) is 24.9 Å². The Balaban J connectivity index is 1.28. The van der Waals surface area contributed by atoms with Crippen LogP contribution in [0.4, 0.5) is 6.01 Å². The number of nitrogens with one attached hydrogen (secondary N) is 1. The molecule has 2 saturated carbocycles. The Hall–Kier alpha value is -3.09. The average molecular weight is 407 g/mol. The number of ether oxygens (including phenoxy) is 1. The first-order valence-corrected chi connectivity index (χ1v) is 10.4. The summed E-state index contributed by atoms with van der Waals surface area (Å²) in [5, 5.41) is 12.5. The molecule has 0 aliphatic heterocycles. The molecule has 0 saturated heterocycles. The highest BCUT2D eigenvalue weighted by atomic mass is 16.5. The van der Waals surface area contributed by atoms with Crippen LogP contribution in [0.1, 0.15) is 43.6 Å². The van der Waals surface area contributed by atoms with Gasteiger partial charge in [-0.15, -0.1) is 0 Å². The molecule has 0 spiro atoms. The van der Waals surface area contributed by atoms with Crippen molar-refractivity contribution in [3.8, 4) is 11.5 Å². The molecule has 2 bridgehead atoms. The SMILES string of the molecule is CC1(C)[C@@H]2CC[C@H]1[C@H](CNc1nc3ccc(Oc4ccnc(C(=O)O)c4)cc3o1)C2. The number of oxazole rings is 1. The highest BCUT2D eigenvalue weighted by Gasteiger charge is 2.52. The summed E-state index contributed by atoms with van der Waals surface area (Å²) in [5.74, 6) is 2.13. The van der Waals surface area contributed by atoms with Gasteiger partial charge in [0.2, 0.25) is 0 Å². The number of nitrogens with zero attached hydrogens (tertiary/aromatic N) is 2. The summed E-state index contributed by atoms with van der Waals surface area (Å²) in [6.45, 7) is 5.72. The number of carbonyl (C=O) groups is 1. The van der Waals surface area contributed by atoms with Gasteiger partial charge in [0.25, 0.3) is 6.01 Å². The van der Waals surface area contributed by atoms with Crippen molar-refractivity contribution in [2.75, 3.05) is 11.9 Å². The number of hydrogen-bond acceptors (Lipinski definition) is 6. The molecule has 2 aliphatic carbocycles. The van der Waals surface area contributed by atoms with E-state index in [0.717, 1.165) is 23.9 Å². The van der Waals surface area contributed by atoms with Crippen molar-refractivity contribution in [2.45, 2.75) is 33.1 Å². The van der Waals surface area contributed by atoms with Crippen molar-refractivity contribution < 1.29 is 19.1 Å². The second kappa shape index (κ2) is 7.00. The molecule has 2 N–H and O–H groups in total. The maximum absolute atomic E-state index is 11.1. The minimum Gasteiger partial charge on any atom is -0.477 e. The van der Waals surface area contributed by atoms with E-state index in [0.29, 0.717) is 34.4 Å². The number of carboxylic acid groups (broad SMARTS) is 1. The highest BCUT2D eigenvalue weighted by molar-refractivity contribution is 5.85. The minimum absolute atomic E-state index is 0.0662.